The molecule has 0 spiro atoms. The van der Waals surface area contributed by atoms with Gasteiger partial charge in [-0.2, -0.15) is 0 Å². The van der Waals surface area contributed by atoms with Crippen molar-refractivity contribution in [3.63, 3.8) is 0 Å². The van der Waals surface area contributed by atoms with Crippen LogP contribution in [0.15, 0.2) is 0 Å². The summed E-state index contributed by atoms with van der Waals surface area (Å²) in [5.74, 6) is -1.91. The molecule has 0 aliphatic heterocycles. The number of hydrogen-bond acceptors (Lipinski definition) is 4. The average Bonchev–Trinajstić information content (AvgIpc) is 2.15. The van der Waals surface area contributed by atoms with E-state index in [0.29, 0.717) is 0 Å². The van der Waals surface area contributed by atoms with Gasteiger partial charge in [-0.15, -0.1) is 0 Å². The summed E-state index contributed by atoms with van der Waals surface area (Å²) in [5, 5.41) is 9.88. The second kappa shape index (κ2) is 5.11. The summed E-state index contributed by atoms with van der Waals surface area (Å²) < 4.78 is 4.70. The number of nitrogens with zero attached hydrogens (tertiary/aromatic N) is 1. The van der Waals surface area contributed by atoms with Crippen molar-refractivity contribution in [2.45, 2.75) is 26.4 Å². The first-order valence-electron chi connectivity index (χ1n) is 4.85. The Morgan fingerprint density at radius 2 is 1.93 bits per heavy atom. The first-order chi connectivity index (χ1) is 6.75. The van der Waals surface area contributed by atoms with Gasteiger partial charge in [-0.3, -0.25) is 4.79 Å². The third kappa shape index (κ3) is 3.20. The summed E-state index contributed by atoms with van der Waals surface area (Å²) in [7, 11) is 3.14. The number of ether oxygens (including phenoxy) is 1. The largest absolute Gasteiger partial charge is 0.464 e. The Balaban J connectivity index is 4.71. The van der Waals surface area contributed by atoms with Crippen LogP contribution in [-0.2, 0) is 14.3 Å². The SMILES string of the molecule is CCOC(=O)[C@](C)(O)[C@H](C)C(=O)N(C)C. The van der Waals surface area contributed by atoms with E-state index in [1.807, 2.05) is 0 Å². The second-order valence-corrected chi connectivity index (χ2v) is 3.82. The zero-order chi connectivity index (χ0) is 12.2. The normalized spacial score (nSPS) is 16.4. The van der Waals surface area contributed by atoms with Crippen LogP contribution in [-0.4, -0.2) is 48.2 Å². The fraction of sp³-hybridized carbons (Fsp3) is 0.800. The molecule has 15 heavy (non-hydrogen) atoms. The predicted octanol–water partition coefficient (Wildman–Crippen LogP) is 0.0248. The summed E-state index contributed by atoms with van der Waals surface area (Å²) in [6.07, 6.45) is 0. The van der Waals surface area contributed by atoms with Crippen molar-refractivity contribution in [2.24, 2.45) is 5.92 Å². The molecule has 0 radical (unpaired) electrons. The molecular formula is C10H19NO4. The van der Waals surface area contributed by atoms with E-state index < -0.39 is 17.5 Å². The molecule has 0 bridgehead atoms. The van der Waals surface area contributed by atoms with E-state index in [1.54, 1.807) is 21.0 Å². The summed E-state index contributed by atoms with van der Waals surface area (Å²) in [5.41, 5.74) is -1.78. The van der Waals surface area contributed by atoms with E-state index in [0.717, 1.165) is 0 Å². The lowest BCUT2D eigenvalue weighted by Crippen LogP contribution is -2.49. The molecule has 0 saturated heterocycles. The van der Waals surface area contributed by atoms with Crippen molar-refractivity contribution in [3.05, 3.63) is 0 Å². The zero-order valence-corrected chi connectivity index (χ0v) is 9.90. The highest BCUT2D eigenvalue weighted by molar-refractivity contribution is 5.89. The van der Waals surface area contributed by atoms with Gasteiger partial charge in [-0.25, -0.2) is 4.79 Å². The highest BCUT2D eigenvalue weighted by Crippen LogP contribution is 2.20. The van der Waals surface area contributed by atoms with Gasteiger partial charge in [0.1, 0.15) is 0 Å². The van der Waals surface area contributed by atoms with Gasteiger partial charge in [-0.05, 0) is 13.8 Å². The Labute approximate surface area is 90.0 Å². The molecule has 2 atom stereocenters. The molecule has 0 aromatic carbocycles. The topological polar surface area (TPSA) is 66.8 Å². The fourth-order valence-corrected chi connectivity index (χ4v) is 1.08. The molecule has 0 heterocycles. The molecule has 0 rings (SSSR count). The minimum atomic E-state index is -1.78. The molecule has 1 N–H and O–H groups in total. The minimum Gasteiger partial charge on any atom is -0.464 e. The average molecular weight is 217 g/mol. The lowest BCUT2D eigenvalue weighted by atomic mass is 9.90. The van der Waals surface area contributed by atoms with Crippen LogP contribution in [0.2, 0.25) is 0 Å². The third-order valence-electron chi connectivity index (χ3n) is 2.34. The standard InChI is InChI=1S/C10H19NO4/c1-6-15-9(13)10(3,14)7(2)8(12)11(4)5/h7,14H,6H2,1-5H3/t7-,10-/m1/s1. The number of aliphatic hydroxyl groups is 1. The maximum Gasteiger partial charge on any atom is 0.338 e. The number of carbonyl (C=O) groups is 2. The lowest BCUT2D eigenvalue weighted by molar-refractivity contribution is -0.172. The van der Waals surface area contributed by atoms with Crippen LogP contribution in [0.5, 0.6) is 0 Å². The Hall–Kier alpha value is -1.10. The van der Waals surface area contributed by atoms with Crippen LogP contribution in [0.3, 0.4) is 0 Å². The van der Waals surface area contributed by atoms with Gasteiger partial charge < -0.3 is 14.7 Å². The quantitative estimate of drug-likeness (QED) is 0.674. The maximum absolute atomic E-state index is 11.6. The van der Waals surface area contributed by atoms with Crippen LogP contribution in [0.25, 0.3) is 0 Å². The highest BCUT2D eigenvalue weighted by atomic mass is 16.5. The van der Waals surface area contributed by atoms with Crippen molar-refractivity contribution < 1.29 is 19.4 Å². The van der Waals surface area contributed by atoms with E-state index in [-0.39, 0.29) is 12.5 Å². The molecule has 1 amide bonds. The Bertz CT molecular complexity index is 248. The zero-order valence-electron chi connectivity index (χ0n) is 9.90. The number of amides is 1. The summed E-state index contributed by atoms with van der Waals surface area (Å²) in [6, 6.07) is 0. The van der Waals surface area contributed by atoms with E-state index in [1.165, 1.54) is 18.7 Å². The molecule has 88 valence electrons. The van der Waals surface area contributed by atoms with Crippen LogP contribution >= 0.6 is 0 Å². The first kappa shape index (κ1) is 13.9. The monoisotopic (exact) mass is 217 g/mol. The molecular weight excluding hydrogens is 198 g/mol. The molecule has 0 fully saturated rings. The molecule has 0 aliphatic rings. The van der Waals surface area contributed by atoms with Crippen molar-refractivity contribution in [1.82, 2.24) is 4.90 Å². The third-order valence-corrected chi connectivity index (χ3v) is 2.34. The van der Waals surface area contributed by atoms with Gasteiger partial charge >= 0.3 is 5.97 Å². The highest BCUT2D eigenvalue weighted by Gasteiger charge is 2.42. The van der Waals surface area contributed by atoms with Crippen molar-refractivity contribution in [3.8, 4) is 0 Å². The molecule has 0 aliphatic carbocycles. The maximum atomic E-state index is 11.6. The predicted molar refractivity (Wildman–Crippen MR) is 55.1 cm³/mol. The lowest BCUT2D eigenvalue weighted by Gasteiger charge is -2.28. The summed E-state index contributed by atoms with van der Waals surface area (Å²) in [6.45, 7) is 4.61. The first-order valence-corrected chi connectivity index (χ1v) is 4.85. The number of hydrogen-bond donors (Lipinski definition) is 1. The minimum absolute atomic E-state index is 0.178. The Kier molecular flexibility index (Phi) is 4.74. The Morgan fingerprint density at radius 3 is 2.27 bits per heavy atom. The Morgan fingerprint density at radius 1 is 1.47 bits per heavy atom. The number of carbonyl (C=O) groups excluding carboxylic acids is 2. The molecule has 0 saturated carbocycles. The molecule has 0 unspecified atom stereocenters. The van der Waals surface area contributed by atoms with Gasteiger partial charge in [0.15, 0.2) is 5.60 Å². The van der Waals surface area contributed by atoms with Crippen molar-refractivity contribution >= 4 is 11.9 Å². The van der Waals surface area contributed by atoms with Crippen LogP contribution in [0.1, 0.15) is 20.8 Å². The molecule has 5 nitrogen and oxygen atoms in total. The molecule has 0 aromatic heterocycles. The van der Waals surface area contributed by atoms with Gasteiger partial charge in [0, 0.05) is 14.1 Å². The van der Waals surface area contributed by atoms with Crippen molar-refractivity contribution in [1.29, 1.82) is 0 Å². The van der Waals surface area contributed by atoms with Crippen LogP contribution in [0.4, 0.5) is 0 Å². The fourth-order valence-electron chi connectivity index (χ4n) is 1.08. The molecule has 0 aromatic rings. The van der Waals surface area contributed by atoms with E-state index in [4.69, 9.17) is 4.74 Å². The summed E-state index contributed by atoms with van der Waals surface area (Å²) >= 11 is 0. The van der Waals surface area contributed by atoms with Gasteiger partial charge in [-0.1, -0.05) is 6.92 Å². The van der Waals surface area contributed by atoms with E-state index in [9.17, 15) is 14.7 Å². The number of rotatable bonds is 4. The van der Waals surface area contributed by atoms with Gasteiger partial charge in [0.05, 0.1) is 12.5 Å². The smallest absolute Gasteiger partial charge is 0.338 e. The second-order valence-electron chi connectivity index (χ2n) is 3.82. The number of esters is 1. The van der Waals surface area contributed by atoms with E-state index >= 15 is 0 Å². The van der Waals surface area contributed by atoms with E-state index in [2.05, 4.69) is 0 Å². The van der Waals surface area contributed by atoms with Gasteiger partial charge in [0.25, 0.3) is 0 Å². The van der Waals surface area contributed by atoms with Crippen LogP contribution < -0.4 is 0 Å². The van der Waals surface area contributed by atoms with Gasteiger partial charge in [0.2, 0.25) is 5.91 Å². The van der Waals surface area contributed by atoms with Crippen LogP contribution in [0, 0.1) is 5.92 Å². The summed E-state index contributed by atoms with van der Waals surface area (Å²) in [4.78, 5) is 24.3. The van der Waals surface area contributed by atoms with Crippen molar-refractivity contribution in [2.75, 3.05) is 20.7 Å². The molecule has 5 heteroatoms.